The quantitative estimate of drug-likeness (QED) is 0.714. The van der Waals surface area contributed by atoms with E-state index in [0.29, 0.717) is 17.3 Å². The van der Waals surface area contributed by atoms with Crippen molar-refractivity contribution in [3.05, 3.63) is 0 Å². The molecule has 94 valence electrons. The minimum absolute atomic E-state index is 0.0423. The standard InChI is InChI=1S/C15H28O/c1-11-9-12(2)14(16)13(10-11)15(3)7-5-4-6-8-15/h11-14,16H,4-10H2,1-3H3. The molecule has 2 fully saturated rings. The van der Waals surface area contributed by atoms with E-state index in [2.05, 4.69) is 20.8 Å². The van der Waals surface area contributed by atoms with Crippen LogP contribution in [0.1, 0.15) is 65.7 Å². The smallest absolute Gasteiger partial charge is 0.0599 e. The summed E-state index contributed by atoms with van der Waals surface area (Å²) in [5, 5.41) is 10.5. The van der Waals surface area contributed by atoms with Gasteiger partial charge in [-0.15, -0.1) is 0 Å². The first-order chi connectivity index (χ1) is 7.53. The lowest BCUT2D eigenvalue weighted by molar-refractivity contribution is -0.0647. The third-order valence-electron chi connectivity index (χ3n) is 5.32. The van der Waals surface area contributed by atoms with E-state index in [9.17, 15) is 5.11 Å². The maximum atomic E-state index is 10.5. The van der Waals surface area contributed by atoms with Gasteiger partial charge in [0.2, 0.25) is 0 Å². The van der Waals surface area contributed by atoms with Crippen LogP contribution in [0.5, 0.6) is 0 Å². The lowest BCUT2D eigenvalue weighted by Crippen LogP contribution is -2.45. The Labute approximate surface area is 101 Å². The SMILES string of the molecule is CC1CC(C)C(O)C(C2(C)CCCCC2)C1. The van der Waals surface area contributed by atoms with Crippen molar-refractivity contribution in [2.75, 3.05) is 0 Å². The molecule has 0 radical (unpaired) electrons. The average Bonchev–Trinajstić information content (AvgIpc) is 2.24. The maximum Gasteiger partial charge on any atom is 0.0599 e. The summed E-state index contributed by atoms with van der Waals surface area (Å²) in [6.07, 6.45) is 9.27. The van der Waals surface area contributed by atoms with Crippen molar-refractivity contribution in [2.45, 2.75) is 71.8 Å². The molecule has 4 atom stereocenters. The van der Waals surface area contributed by atoms with Gasteiger partial charge in [0, 0.05) is 0 Å². The van der Waals surface area contributed by atoms with Crippen LogP contribution in [0.4, 0.5) is 0 Å². The number of rotatable bonds is 1. The minimum Gasteiger partial charge on any atom is -0.393 e. The van der Waals surface area contributed by atoms with Gasteiger partial charge in [-0.25, -0.2) is 0 Å². The van der Waals surface area contributed by atoms with Gasteiger partial charge in [0.1, 0.15) is 0 Å². The highest BCUT2D eigenvalue weighted by atomic mass is 16.3. The molecule has 0 amide bonds. The van der Waals surface area contributed by atoms with Gasteiger partial charge in [0.05, 0.1) is 6.10 Å². The van der Waals surface area contributed by atoms with E-state index in [1.807, 2.05) is 0 Å². The number of aliphatic hydroxyl groups excluding tert-OH is 1. The molecule has 1 N–H and O–H groups in total. The molecule has 0 aromatic rings. The molecule has 0 aliphatic heterocycles. The van der Waals surface area contributed by atoms with Crippen LogP contribution < -0.4 is 0 Å². The van der Waals surface area contributed by atoms with Crippen molar-refractivity contribution in [1.29, 1.82) is 0 Å². The molecule has 2 saturated carbocycles. The molecule has 0 saturated heterocycles. The molecule has 2 aliphatic carbocycles. The summed E-state index contributed by atoms with van der Waals surface area (Å²) >= 11 is 0. The summed E-state index contributed by atoms with van der Waals surface area (Å²) in [5.41, 5.74) is 0.431. The minimum atomic E-state index is -0.0423. The van der Waals surface area contributed by atoms with Crippen molar-refractivity contribution < 1.29 is 5.11 Å². The number of aliphatic hydroxyl groups is 1. The van der Waals surface area contributed by atoms with Crippen molar-refractivity contribution in [2.24, 2.45) is 23.2 Å². The van der Waals surface area contributed by atoms with Gasteiger partial charge < -0.3 is 5.11 Å². The maximum absolute atomic E-state index is 10.5. The van der Waals surface area contributed by atoms with Crippen LogP contribution in [-0.2, 0) is 0 Å². The molecule has 0 spiro atoms. The topological polar surface area (TPSA) is 20.2 Å². The van der Waals surface area contributed by atoms with Gasteiger partial charge in [-0.2, -0.15) is 0 Å². The van der Waals surface area contributed by atoms with E-state index < -0.39 is 0 Å². The van der Waals surface area contributed by atoms with Crippen LogP contribution in [0.25, 0.3) is 0 Å². The molecule has 2 aliphatic rings. The van der Waals surface area contributed by atoms with Gasteiger partial charge in [0.25, 0.3) is 0 Å². The summed E-state index contributed by atoms with van der Waals surface area (Å²) in [6.45, 7) is 7.03. The van der Waals surface area contributed by atoms with Crippen molar-refractivity contribution >= 4 is 0 Å². The summed E-state index contributed by atoms with van der Waals surface area (Å²) in [5.74, 6) is 1.88. The van der Waals surface area contributed by atoms with Crippen LogP contribution in [0.2, 0.25) is 0 Å². The lowest BCUT2D eigenvalue weighted by Gasteiger charge is -2.48. The third kappa shape index (κ3) is 2.30. The molecule has 4 unspecified atom stereocenters. The molecule has 2 rings (SSSR count). The second-order valence-corrected chi connectivity index (χ2v) is 6.87. The highest BCUT2D eigenvalue weighted by Crippen LogP contribution is 2.50. The van der Waals surface area contributed by atoms with E-state index in [4.69, 9.17) is 0 Å². The zero-order valence-corrected chi connectivity index (χ0v) is 11.2. The molecule has 0 bridgehead atoms. The molecule has 1 heteroatoms. The van der Waals surface area contributed by atoms with E-state index in [1.165, 1.54) is 44.9 Å². The lowest BCUT2D eigenvalue weighted by atomic mass is 9.58. The van der Waals surface area contributed by atoms with Crippen molar-refractivity contribution in [1.82, 2.24) is 0 Å². The second kappa shape index (κ2) is 4.68. The Balaban J connectivity index is 2.10. The van der Waals surface area contributed by atoms with Gasteiger partial charge in [0.15, 0.2) is 0 Å². The third-order valence-corrected chi connectivity index (χ3v) is 5.32. The van der Waals surface area contributed by atoms with Crippen LogP contribution in [0.3, 0.4) is 0 Å². The van der Waals surface area contributed by atoms with Crippen LogP contribution in [0, 0.1) is 23.2 Å². The highest BCUT2D eigenvalue weighted by molar-refractivity contribution is 4.94. The number of hydrogen-bond donors (Lipinski definition) is 1. The summed E-state index contributed by atoms with van der Waals surface area (Å²) < 4.78 is 0. The van der Waals surface area contributed by atoms with Crippen molar-refractivity contribution in [3.63, 3.8) is 0 Å². The van der Waals surface area contributed by atoms with Gasteiger partial charge in [-0.05, 0) is 48.9 Å². The molecular weight excluding hydrogens is 196 g/mol. The second-order valence-electron chi connectivity index (χ2n) is 6.87. The average molecular weight is 224 g/mol. The first kappa shape index (κ1) is 12.4. The summed E-state index contributed by atoms with van der Waals surface area (Å²) in [6, 6.07) is 0. The Hall–Kier alpha value is -0.0400. The zero-order valence-electron chi connectivity index (χ0n) is 11.2. The van der Waals surface area contributed by atoms with Crippen LogP contribution >= 0.6 is 0 Å². The van der Waals surface area contributed by atoms with E-state index in [0.717, 1.165) is 5.92 Å². The molecule has 0 aromatic heterocycles. The highest BCUT2D eigenvalue weighted by Gasteiger charge is 2.44. The fourth-order valence-electron chi connectivity index (χ4n) is 4.27. The van der Waals surface area contributed by atoms with E-state index >= 15 is 0 Å². The summed E-state index contributed by atoms with van der Waals surface area (Å²) in [7, 11) is 0. The molecule has 16 heavy (non-hydrogen) atoms. The van der Waals surface area contributed by atoms with E-state index in [1.54, 1.807) is 0 Å². The fourth-order valence-corrected chi connectivity index (χ4v) is 4.27. The first-order valence-corrected chi connectivity index (χ1v) is 7.21. The first-order valence-electron chi connectivity index (χ1n) is 7.21. The van der Waals surface area contributed by atoms with Crippen LogP contribution in [-0.4, -0.2) is 11.2 Å². The zero-order chi connectivity index (χ0) is 11.8. The van der Waals surface area contributed by atoms with Gasteiger partial charge in [-0.1, -0.05) is 40.0 Å². The predicted octanol–water partition coefficient (Wildman–Crippen LogP) is 4.00. The summed E-state index contributed by atoms with van der Waals surface area (Å²) in [4.78, 5) is 0. The Morgan fingerprint density at radius 2 is 1.62 bits per heavy atom. The molecular formula is C15H28O. The Kier molecular flexibility index (Phi) is 3.63. The largest absolute Gasteiger partial charge is 0.393 e. The fraction of sp³-hybridized carbons (Fsp3) is 1.00. The van der Waals surface area contributed by atoms with Gasteiger partial charge >= 0.3 is 0 Å². The van der Waals surface area contributed by atoms with Crippen molar-refractivity contribution in [3.8, 4) is 0 Å². The molecule has 0 heterocycles. The van der Waals surface area contributed by atoms with E-state index in [-0.39, 0.29) is 6.10 Å². The predicted molar refractivity (Wildman–Crippen MR) is 68.3 cm³/mol. The Morgan fingerprint density at radius 1 is 1.00 bits per heavy atom. The molecule has 1 nitrogen and oxygen atoms in total. The monoisotopic (exact) mass is 224 g/mol. The van der Waals surface area contributed by atoms with Gasteiger partial charge in [-0.3, -0.25) is 0 Å². The molecule has 0 aromatic carbocycles. The Morgan fingerprint density at radius 3 is 2.25 bits per heavy atom. The number of hydrogen-bond acceptors (Lipinski definition) is 1. The normalized spacial score (nSPS) is 44.2. The van der Waals surface area contributed by atoms with Crippen LogP contribution in [0.15, 0.2) is 0 Å². The Bertz CT molecular complexity index is 230.